The van der Waals surface area contributed by atoms with Gasteiger partial charge in [-0.1, -0.05) is 13.8 Å². The molecule has 2 atom stereocenters. The number of morpholine rings is 1. The molecular weight excluding hydrogens is 386 g/mol. The van der Waals surface area contributed by atoms with Gasteiger partial charge in [-0.3, -0.25) is 14.4 Å². The number of esters is 1. The third kappa shape index (κ3) is 6.27. The molecule has 2 amide bonds. The van der Waals surface area contributed by atoms with E-state index in [2.05, 4.69) is 19.2 Å². The van der Waals surface area contributed by atoms with Gasteiger partial charge in [0.25, 0.3) is 5.91 Å². The fraction of sp³-hybridized carbons (Fsp3) is 0.591. The number of anilines is 1. The van der Waals surface area contributed by atoms with Crippen LogP contribution in [0, 0.1) is 5.92 Å². The fourth-order valence-electron chi connectivity index (χ4n) is 3.93. The molecule has 0 aliphatic carbocycles. The summed E-state index contributed by atoms with van der Waals surface area (Å²) >= 11 is 0. The van der Waals surface area contributed by atoms with Crippen LogP contribution in [0.25, 0.3) is 0 Å². The maximum absolute atomic E-state index is 12.3. The van der Waals surface area contributed by atoms with E-state index in [0.717, 1.165) is 31.7 Å². The largest absolute Gasteiger partial charge is 0.461 e. The van der Waals surface area contributed by atoms with Crippen LogP contribution in [0.3, 0.4) is 0 Å². The first-order chi connectivity index (χ1) is 14.4. The summed E-state index contributed by atoms with van der Waals surface area (Å²) in [5.41, 5.74) is 1.22. The van der Waals surface area contributed by atoms with Gasteiger partial charge in [-0.15, -0.1) is 0 Å². The van der Waals surface area contributed by atoms with Crippen molar-refractivity contribution in [1.29, 1.82) is 0 Å². The molecule has 164 valence electrons. The number of benzene rings is 1. The summed E-state index contributed by atoms with van der Waals surface area (Å²) in [5, 5.41) is 2.58. The smallest absolute Gasteiger partial charge is 0.325 e. The van der Waals surface area contributed by atoms with E-state index >= 15 is 0 Å². The van der Waals surface area contributed by atoms with Crippen molar-refractivity contribution in [3.05, 3.63) is 29.8 Å². The van der Waals surface area contributed by atoms with Gasteiger partial charge in [-0.25, -0.2) is 0 Å². The highest BCUT2D eigenvalue weighted by molar-refractivity contribution is 5.98. The Kier molecular flexibility index (Phi) is 7.81. The summed E-state index contributed by atoms with van der Waals surface area (Å²) in [7, 11) is 0. The van der Waals surface area contributed by atoms with Crippen molar-refractivity contribution in [2.45, 2.75) is 32.8 Å². The first-order valence-corrected chi connectivity index (χ1v) is 10.7. The summed E-state index contributed by atoms with van der Waals surface area (Å²) in [6, 6.07) is 6.82. The Hall–Kier alpha value is -2.45. The van der Waals surface area contributed by atoms with Crippen LogP contribution in [0.4, 0.5) is 5.69 Å². The third-order valence-electron chi connectivity index (χ3n) is 5.36. The fourth-order valence-corrected chi connectivity index (χ4v) is 3.93. The minimum Gasteiger partial charge on any atom is -0.461 e. The van der Waals surface area contributed by atoms with Gasteiger partial charge in [0.1, 0.15) is 32.3 Å². The van der Waals surface area contributed by atoms with Crippen molar-refractivity contribution >= 4 is 23.5 Å². The number of rotatable bonds is 8. The molecule has 0 aromatic heterocycles. The van der Waals surface area contributed by atoms with Crippen LogP contribution < -0.4 is 15.1 Å². The molecule has 8 heteroatoms. The number of carbonyl (C=O) groups excluding carboxylic acids is 3. The first-order valence-electron chi connectivity index (χ1n) is 10.7. The molecule has 2 aliphatic rings. The number of amides is 2. The molecule has 1 aromatic carbocycles. The quantitative estimate of drug-likeness (QED) is 0.582. The second-order valence-corrected chi connectivity index (χ2v) is 8.36. The standard InChI is InChI=1S/C22H31N3O5/c1-16(2)13-24-10-11-29-19(14-24)15-30-21(27)12-23-22(28)17-5-7-18(8-6-17)25-9-3-4-20(25)26/h5-8,16,19H,3-4,9-15H2,1-2H3,(H,23,28)/p+1/t19-/m1/s1. The summed E-state index contributed by atoms with van der Waals surface area (Å²) in [6.07, 6.45) is 1.31. The van der Waals surface area contributed by atoms with Gasteiger partial charge in [0, 0.05) is 30.1 Å². The summed E-state index contributed by atoms with van der Waals surface area (Å²) in [4.78, 5) is 39.2. The monoisotopic (exact) mass is 418 g/mol. The zero-order valence-electron chi connectivity index (χ0n) is 17.8. The van der Waals surface area contributed by atoms with Gasteiger partial charge in [0.15, 0.2) is 0 Å². The summed E-state index contributed by atoms with van der Waals surface area (Å²) in [6.45, 7) is 8.65. The van der Waals surface area contributed by atoms with Crippen LogP contribution in [0.5, 0.6) is 0 Å². The molecule has 8 nitrogen and oxygen atoms in total. The lowest BCUT2D eigenvalue weighted by molar-refractivity contribution is -0.914. The Morgan fingerprint density at radius 2 is 2.07 bits per heavy atom. The van der Waals surface area contributed by atoms with Gasteiger partial charge < -0.3 is 24.6 Å². The van der Waals surface area contributed by atoms with Crippen molar-refractivity contribution in [2.24, 2.45) is 5.92 Å². The minimum atomic E-state index is -0.484. The molecule has 2 fully saturated rings. The number of hydrogen-bond acceptors (Lipinski definition) is 5. The van der Waals surface area contributed by atoms with Crippen LogP contribution in [0.2, 0.25) is 0 Å². The molecule has 30 heavy (non-hydrogen) atoms. The third-order valence-corrected chi connectivity index (χ3v) is 5.36. The van der Waals surface area contributed by atoms with E-state index in [1.807, 2.05) is 0 Å². The zero-order valence-corrected chi connectivity index (χ0v) is 17.8. The lowest BCUT2D eigenvalue weighted by atomic mass is 10.2. The lowest BCUT2D eigenvalue weighted by Crippen LogP contribution is -3.15. The highest BCUT2D eigenvalue weighted by atomic mass is 16.6. The normalized spacial score (nSPS) is 21.7. The topological polar surface area (TPSA) is 89.4 Å². The highest BCUT2D eigenvalue weighted by Crippen LogP contribution is 2.21. The number of nitrogens with zero attached hydrogens (tertiary/aromatic N) is 1. The van der Waals surface area contributed by atoms with Crippen molar-refractivity contribution < 1.29 is 28.8 Å². The number of quaternary nitrogens is 1. The minimum absolute atomic E-state index is 0.103. The molecule has 2 aliphatic heterocycles. The zero-order chi connectivity index (χ0) is 21.5. The Labute approximate surface area is 177 Å². The molecule has 0 bridgehead atoms. The van der Waals surface area contributed by atoms with E-state index < -0.39 is 5.97 Å². The number of nitrogens with one attached hydrogen (secondary N) is 2. The van der Waals surface area contributed by atoms with Gasteiger partial charge in [0.2, 0.25) is 5.91 Å². The lowest BCUT2D eigenvalue weighted by Gasteiger charge is -2.30. The van der Waals surface area contributed by atoms with E-state index in [1.165, 1.54) is 4.90 Å². The van der Waals surface area contributed by atoms with Crippen molar-refractivity contribution in [2.75, 3.05) is 50.8 Å². The Bertz CT molecular complexity index is 750. The number of carbonyl (C=O) groups is 3. The van der Waals surface area contributed by atoms with E-state index in [-0.39, 0.29) is 31.1 Å². The SMILES string of the molecule is CC(C)C[NH+]1CCO[C@@H](COC(=O)CNC(=O)c2ccc(N3CCCC3=O)cc2)C1. The predicted octanol–water partition coefficient (Wildman–Crippen LogP) is 0.0261. The van der Waals surface area contributed by atoms with E-state index in [4.69, 9.17) is 9.47 Å². The maximum atomic E-state index is 12.3. The Morgan fingerprint density at radius 1 is 1.30 bits per heavy atom. The molecule has 0 radical (unpaired) electrons. The molecule has 2 saturated heterocycles. The maximum Gasteiger partial charge on any atom is 0.325 e. The molecular formula is C22H32N3O5+. The average Bonchev–Trinajstić information content (AvgIpc) is 3.16. The van der Waals surface area contributed by atoms with Crippen molar-refractivity contribution in [1.82, 2.24) is 5.32 Å². The van der Waals surface area contributed by atoms with Crippen molar-refractivity contribution in [3.63, 3.8) is 0 Å². The molecule has 0 saturated carbocycles. The molecule has 3 rings (SSSR count). The van der Waals surface area contributed by atoms with Crippen LogP contribution >= 0.6 is 0 Å². The number of hydrogen-bond donors (Lipinski definition) is 2. The second-order valence-electron chi connectivity index (χ2n) is 8.36. The van der Waals surface area contributed by atoms with Crippen LogP contribution in [0.15, 0.2) is 24.3 Å². The Morgan fingerprint density at radius 3 is 2.73 bits per heavy atom. The molecule has 2 heterocycles. The van der Waals surface area contributed by atoms with Gasteiger partial charge in [-0.05, 0) is 30.7 Å². The predicted molar refractivity (Wildman–Crippen MR) is 111 cm³/mol. The number of ether oxygens (including phenoxy) is 2. The van der Waals surface area contributed by atoms with Gasteiger partial charge >= 0.3 is 5.97 Å². The van der Waals surface area contributed by atoms with Crippen LogP contribution in [-0.4, -0.2) is 69.8 Å². The summed E-state index contributed by atoms with van der Waals surface area (Å²) < 4.78 is 11.0. The summed E-state index contributed by atoms with van der Waals surface area (Å²) in [5.74, 6) is -0.123. The molecule has 2 N–H and O–H groups in total. The van der Waals surface area contributed by atoms with Crippen LogP contribution in [-0.2, 0) is 19.1 Å². The van der Waals surface area contributed by atoms with E-state index in [0.29, 0.717) is 31.1 Å². The molecule has 0 spiro atoms. The van der Waals surface area contributed by atoms with E-state index in [9.17, 15) is 14.4 Å². The first kappa shape index (κ1) is 22.2. The van der Waals surface area contributed by atoms with Crippen LogP contribution in [0.1, 0.15) is 37.0 Å². The van der Waals surface area contributed by atoms with Gasteiger partial charge in [0.05, 0.1) is 13.2 Å². The average molecular weight is 419 g/mol. The molecule has 1 aromatic rings. The van der Waals surface area contributed by atoms with E-state index in [1.54, 1.807) is 29.2 Å². The highest BCUT2D eigenvalue weighted by Gasteiger charge is 2.25. The molecule has 1 unspecified atom stereocenters. The van der Waals surface area contributed by atoms with Gasteiger partial charge in [-0.2, -0.15) is 0 Å². The Balaban J connectivity index is 1.39. The van der Waals surface area contributed by atoms with Crippen molar-refractivity contribution in [3.8, 4) is 0 Å². The second kappa shape index (κ2) is 10.5.